The van der Waals surface area contributed by atoms with Gasteiger partial charge in [-0.3, -0.25) is 14.6 Å². The zero-order valence-corrected chi connectivity index (χ0v) is 16.4. The van der Waals surface area contributed by atoms with Crippen LogP contribution in [0, 0.1) is 0 Å². The fourth-order valence-corrected chi connectivity index (χ4v) is 2.63. The number of nitrogens with one attached hydrogen (secondary N) is 2. The van der Waals surface area contributed by atoms with Gasteiger partial charge >= 0.3 is 5.97 Å². The highest BCUT2D eigenvalue weighted by molar-refractivity contribution is 7.98. The molecule has 0 radical (unpaired) electrons. The Morgan fingerprint density at radius 3 is 2.27 bits per heavy atom. The Balaban J connectivity index is 4.64. The van der Waals surface area contributed by atoms with Crippen LogP contribution in [0.5, 0.6) is 0 Å². The minimum Gasteiger partial charge on any atom is -0.480 e. The minimum atomic E-state index is -1.19. The van der Waals surface area contributed by atoms with E-state index in [0.29, 0.717) is 18.6 Å². The molecule has 0 aliphatic carbocycles. The maximum atomic E-state index is 12.3. The van der Waals surface area contributed by atoms with Crippen molar-refractivity contribution >= 4 is 48.1 Å². The van der Waals surface area contributed by atoms with Gasteiger partial charge in [0.25, 0.3) is 0 Å². The Morgan fingerprint density at radius 2 is 1.77 bits per heavy atom. The van der Waals surface area contributed by atoms with Crippen LogP contribution in [0.15, 0.2) is 4.99 Å². The van der Waals surface area contributed by atoms with Crippen LogP contribution in [-0.2, 0) is 14.4 Å². The smallest absolute Gasteiger partial charge is 0.326 e. The van der Waals surface area contributed by atoms with Gasteiger partial charge in [-0.15, -0.1) is 0 Å². The number of thiol groups is 1. The number of nitrogens with two attached hydrogens (primary N) is 3. The maximum absolute atomic E-state index is 12.3. The summed E-state index contributed by atoms with van der Waals surface area (Å²) in [6.07, 6.45) is 2.87. The van der Waals surface area contributed by atoms with E-state index in [1.54, 1.807) is 11.8 Å². The van der Waals surface area contributed by atoms with Crippen molar-refractivity contribution in [1.29, 1.82) is 0 Å². The summed E-state index contributed by atoms with van der Waals surface area (Å²) in [6, 6.07) is -2.85. The van der Waals surface area contributed by atoms with Crippen molar-refractivity contribution in [2.24, 2.45) is 22.2 Å². The lowest BCUT2D eigenvalue weighted by atomic mass is 10.1. The number of amides is 2. The zero-order valence-electron chi connectivity index (χ0n) is 14.7. The third kappa shape index (κ3) is 10.4. The first kappa shape index (κ1) is 24.3. The standard InChI is InChI=1S/C14H28N6O4S2/c1-26-6-4-8(15)11(21)20-10(7-25)12(22)19-9(13(23)24)3-2-5-18-14(16)17/h8-10,25H,2-7,15H2,1H3,(H,19,22)(H,20,21)(H,23,24)(H4,16,17,18). The topological polar surface area (TPSA) is 186 Å². The summed E-state index contributed by atoms with van der Waals surface area (Å²) in [5.41, 5.74) is 16.1. The summed E-state index contributed by atoms with van der Waals surface area (Å²) in [6.45, 7) is 0.249. The summed E-state index contributed by atoms with van der Waals surface area (Å²) in [5, 5.41) is 14.1. The Morgan fingerprint density at radius 1 is 1.15 bits per heavy atom. The van der Waals surface area contributed by atoms with Crippen LogP contribution >= 0.6 is 24.4 Å². The quantitative estimate of drug-likeness (QED) is 0.0797. The third-order valence-corrected chi connectivity index (χ3v) is 4.35. The molecule has 0 aromatic heterocycles. The van der Waals surface area contributed by atoms with Gasteiger partial charge in [0.05, 0.1) is 6.04 Å². The molecule has 150 valence electrons. The molecule has 0 aliphatic heterocycles. The number of guanidine groups is 1. The number of hydrogen-bond donors (Lipinski definition) is 7. The minimum absolute atomic E-state index is 0.00710. The third-order valence-electron chi connectivity index (χ3n) is 3.35. The molecule has 0 fully saturated rings. The highest BCUT2D eigenvalue weighted by atomic mass is 32.2. The zero-order chi connectivity index (χ0) is 20.1. The average molecular weight is 409 g/mol. The fourth-order valence-electron chi connectivity index (χ4n) is 1.88. The van der Waals surface area contributed by atoms with E-state index in [2.05, 4.69) is 28.3 Å². The summed E-state index contributed by atoms with van der Waals surface area (Å²) >= 11 is 5.59. The van der Waals surface area contributed by atoms with Gasteiger partial charge in [0.15, 0.2) is 5.96 Å². The normalized spacial score (nSPS) is 14.0. The van der Waals surface area contributed by atoms with E-state index < -0.39 is 35.9 Å². The van der Waals surface area contributed by atoms with Gasteiger partial charge in [0.2, 0.25) is 11.8 Å². The number of carbonyl (C=O) groups is 3. The van der Waals surface area contributed by atoms with Gasteiger partial charge in [0, 0.05) is 12.3 Å². The van der Waals surface area contributed by atoms with Crippen LogP contribution in [0.2, 0.25) is 0 Å². The summed E-state index contributed by atoms with van der Waals surface area (Å²) < 4.78 is 0. The molecule has 12 heteroatoms. The van der Waals surface area contributed by atoms with Crippen molar-refractivity contribution in [2.75, 3.05) is 24.3 Å². The second-order valence-electron chi connectivity index (χ2n) is 5.48. The van der Waals surface area contributed by atoms with Crippen LogP contribution in [0.25, 0.3) is 0 Å². The van der Waals surface area contributed by atoms with Gasteiger partial charge in [-0.2, -0.15) is 24.4 Å². The highest BCUT2D eigenvalue weighted by Crippen LogP contribution is 2.02. The number of rotatable bonds is 13. The Bertz CT molecular complexity index is 502. The lowest BCUT2D eigenvalue weighted by Crippen LogP contribution is -2.55. The lowest BCUT2D eigenvalue weighted by molar-refractivity contribution is -0.142. The van der Waals surface area contributed by atoms with Gasteiger partial charge < -0.3 is 32.9 Å². The van der Waals surface area contributed by atoms with E-state index >= 15 is 0 Å². The second-order valence-corrected chi connectivity index (χ2v) is 6.83. The van der Waals surface area contributed by atoms with Crippen molar-refractivity contribution in [2.45, 2.75) is 37.4 Å². The van der Waals surface area contributed by atoms with Crippen LogP contribution in [0.3, 0.4) is 0 Å². The summed E-state index contributed by atoms with van der Waals surface area (Å²) in [5.74, 6) is -1.68. The molecule has 3 unspecified atom stereocenters. The lowest BCUT2D eigenvalue weighted by Gasteiger charge is -2.21. The molecule has 0 aromatic carbocycles. The summed E-state index contributed by atoms with van der Waals surface area (Å²) in [7, 11) is 0. The van der Waals surface area contributed by atoms with Crippen LogP contribution in [-0.4, -0.2) is 71.3 Å². The first-order chi connectivity index (χ1) is 12.2. The Labute approximate surface area is 162 Å². The van der Waals surface area contributed by atoms with E-state index in [9.17, 15) is 19.5 Å². The van der Waals surface area contributed by atoms with E-state index in [1.807, 2.05) is 6.26 Å². The maximum Gasteiger partial charge on any atom is 0.326 e. The molecule has 0 saturated carbocycles. The van der Waals surface area contributed by atoms with Gasteiger partial charge in [-0.05, 0) is 31.3 Å². The van der Waals surface area contributed by atoms with Crippen LogP contribution < -0.4 is 27.8 Å². The average Bonchev–Trinajstić information content (AvgIpc) is 2.58. The predicted molar refractivity (Wildman–Crippen MR) is 106 cm³/mol. The first-order valence-electron chi connectivity index (χ1n) is 7.97. The van der Waals surface area contributed by atoms with Crippen molar-refractivity contribution in [3.8, 4) is 0 Å². The van der Waals surface area contributed by atoms with E-state index in [1.165, 1.54) is 0 Å². The molecule has 9 N–H and O–H groups in total. The predicted octanol–water partition coefficient (Wildman–Crippen LogP) is -1.90. The van der Waals surface area contributed by atoms with Gasteiger partial charge in [-0.25, -0.2) is 4.79 Å². The molecular formula is C14H28N6O4S2. The van der Waals surface area contributed by atoms with E-state index in [0.717, 1.165) is 0 Å². The van der Waals surface area contributed by atoms with Crippen molar-refractivity contribution in [3.05, 3.63) is 0 Å². The van der Waals surface area contributed by atoms with E-state index in [-0.39, 0.29) is 24.7 Å². The van der Waals surface area contributed by atoms with Crippen molar-refractivity contribution < 1.29 is 19.5 Å². The molecule has 0 spiro atoms. The Hall–Kier alpha value is -1.66. The number of nitrogens with zero attached hydrogens (tertiary/aromatic N) is 1. The number of carbonyl (C=O) groups excluding carboxylic acids is 2. The van der Waals surface area contributed by atoms with Gasteiger partial charge in [0.1, 0.15) is 12.1 Å². The van der Waals surface area contributed by atoms with Crippen molar-refractivity contribution in [3.63, 3.8) is 0 Å². The molecule has 0 heterocycles. The number of carboxylic acid groups (broad SMARTS) is 1. The number of thioether (sulfide) groups is 1. The fraction of sp³-hybridized carbons (Fsp3) is 0.714. The van der Waals surface area contributed by atoms with E-state index in [4.69, 9.17) is 17.2 Å². The molecule has 2 amide bonds. The summed E-state index contributed by atoms with van der Waals surface area (Å²) in [4.78, 5) is 39.3. The Kier molecular flexibility index (Phi) is 12.7. The monoisotopic (exact) mass is 408 g/mol. The number of hydrogen-bond acceptors (Lipinski definition) is 7. The number of aliphatic carboxylic acids is 1. The number of carboxylic acids is 1. The van der Waals surface area contributed by atoms with Gasteiger partial charge in [-0.1, -0.05) is 0 Å². The molecule has 0 aliphatic rings. The second kappa shape index (κ2) is 13.5. The molecule has 0 saturated heterocycles. The molecule has 3 atom stereocenters. The molecule has 0 aromatic rings. The SMILES string of the molecule is CSCCC(N)C(=O)NC(CS)C(=O)NC(CCCN=C(N)N)C(=O)O. The highest BCUT2D eigenvalue weighted by Gasteiger charge is 2.26. The molecule has 10 nitrogen and oxygen atoms in total. The van der Waals surface area contributed by atoms with Crippen LogP contribution in [0.1, 0.15) is 19.3 Å². The molecule has 0 bridgehead atoms. The van der Waals surface area contributed by atoms with Crippen LogP contribution in [0.4, 0.5) is 0 Å². The number of aliphatic imine (C=N–C) groups is 1. The molecular weight excluding hydrogens is 380 g/mol. The van der Waals surface area contributed by atoms with Crippen molar-refractivity contribution in [1.82, 2.24) is 10.6 Å². The molecule has 26 heavy (non-hydrogen) atoms. The first-order valence-corrected chi connectivity index (χ1v) is 9.99. The molecule has 0 rings (SSSR count). The largest absolute Gasteiger partial charge is 0.480 e.